The second-order valence-electron chi connectivity index (χ2n) is 5.70. The van der Waals surface area contributed by atoms with Crippen LogP contribution in [-0.2, 0) is 22.6 Å². The molecule has 1 fully saturated rings. The highest BCUT2D eigenvalue weighted by atomic mass is 16.5. The van der Waals surface area contributed by atoms with Crippen molar-refractivity contribution in [1.29, 1.82) is 0 Å². The predicted octanol–water partition coefficient (Wildman–Crippen LogP) is 2.67. The molecule has 0 aliphatic carbocycles. The first-order valence-corrected chi connectivity index (χ1v) is 7.60. The van der Waals surface area contributed by atoms with E-state index in [1.807, 2.05) is 12.3 Å². The lowest BCUT2D eigenvalue weighted by Gasteiger charge is -2.22. The van der Waals surface area contributed by atoms with Gasteiger partial charge in [-0.15, -0.1) is 0 Å². The van der Waals surface area contributed by atoms with Crippen LogP contribution in [0.25, 0.3) is 0 Å². The van der Waals surface area contributed by atoms with E-state index in [0.717, 1.165) is 25.3 Å². The molecular weight excluding hydrogens is 252 g/mol. The predicted molar refractivity (Wildman–Crippen MR) is 79.5 cm³/mol. The number of hydrogen-bond donors (Lipinski definition) is 1. The van der Waals surface area contributed by atoms with E-state index in [0.29, 0.717) is 19.3 Å². The summed E-state index contributed by atoms with van der Waals surface area (Å²) >= 11 is 0. The second-order valence-corrected chi connectivity index (χ2v) is 5.70. The monoisotopic (exact) mass is 278 g/mol. The highest BCUT2D eigenvalue weighted by Crippen LogP contribution is 2.13. The number of nitrogens with zero attached hydrogens (tertiary/aromatic N) is 1. The maximum Gasteiger partial charge on any atom is 0.0889 e. The molecule has 0 spiro atoms. The minimum Gasteiger partial charge on any atom is -0.376 e. The van der Waals surface area contributed by atoms with Gasteiger partial charge in [-0.3, -0.25) is 4.98 Å². The molecule has 4 nitrogen and oxygen atoms in total. The number of nitrogens with one attached hydrogen (secondary N) is 1. The summed E-state index contributed by atoms with van der Waals surface area (Å²) in [5.41, 5.74) is 2.19. The van der Waals surface area contributed by atoms with Gasteiger partial charge in [0.2, 0.25) is 0 Å². The lowest BCUT2D eigenvalue weighted by Crippen LogP contribution is -2.24. The first kappa shape index (κ1) is 15.4. The van der Waals surface area contributed by atoms with Crippen molar-refractivity contribution in [3.05, 3.63) is 29.6 Å². The largest absolute Gasteiger partial charge is 0.376 e. The molecule has 0 radical (unpaired) electrons. The van der Waals surface area contributed by atoms with Gasteiger partial charge in [0, 0.05) is 25.4 Å². The summed E-state index contributed by atoms with van der Waals surface area (Å²) < 4.78 is 11.3. The molecule has 4 heteroatoms. The Morgan fingerprint density at radius 2 is 2.30 bits per heavy atom. The van der Waals surface area contributed by atoms with E-state index < -0.39 is 0 Å². The smallest absolute Gasteiger partial charge is 0.0889 e. The zero-order chi connectivity index (χ0) is 14.2. The van der Waals surface area contributed by atoms with Crippen molar-refractivity contribution in [1.82, 2.24) is 10.3 Å². The van der Waals surface area contributed by atoms with Crippen LogP contribution in [0.1, 0.15) is 44.4 Å². The van der Waals surface area contributed by atoms with Crippen LogP contribution >= 0.6 is 0 Å². The Bertz CT molecular complexity index is 373. The maximum absolute atomic E-state index is 5.69. The minimum atomic E-state index is 0.276. The Morgan fingerprint density at radius 1 is 1.40 bits per heavy atom. The van der Waals surface area contributed by atoms with Crippen molar-refractivity contribution < 1.29 is 9.47 Å². The molecule has 112 valence electrons. The number of aromatic nitrogens is 1. The van der Waals surface area contributed by atoms with Gasteiger partial charge in [0.15, 0.2) is 0 Å². The Morgan fingerprint density at radius 3 is 2.95 bits per heavy atom. The fraction of sp³-hybridized carbons (Fsp3) is 0.688. The summed E-state index contributed by atoms with van der Waals surface area (Å²) in [6.45, 7) is 7.27. The third-order valence-corrected chi connectivity index (χ3v) is 3.43. The van der Waals surface area contributed by atoms with Crippen molar-refractivity contribution >= 4 is 0 Å². The van der Waals surface area contributed by atoms with E-state index in [-0.39, 0.29) is 6.10 Å². The Kier molecular flexibility index (Phi) is 6.43. The molecule has 20 heavy (non-hydrogen) atoms. The van der Waals surface area contributed by atoms with Crippen molar-refractivity contribution in [3.63, 3.8) is 0 Å². The second kappa shape index (κ2) is 8.35. The first-order chi connectivity index (χ1) is 9.74. The van der Waals surface area contributed by atoms with Gasteiger partial charge in [0.1, 0.15) is 0 Å². The summed E-state index contributed by atoms with van der Waals surface area (Å²) in [7, 11) is 0. The van der Waals surface area contributed by atoms with Gasteiger partial charge in [-0.05, 0) is 30.9 Å². The molecule has 1 aromatic heterocycles. The van der Waals surface area contributed by atoms with E-state index >= 15 is 0 Å². The zero-order valence-corrected chi connectivity index (χ0v) is 12.6. The third kappa shape index (κ3) is 5.57. The topological polar surface area (TPSA) is 43.4 Å². The Hall–Kier alpha value is -0.970. The fourth-order valence-electron chi connectivity index (χ4n) is 2.20. The first-order valence-electron chi connectivity index (χ1n) is 7.60. The lowest BCUT2D eigenvalue weighted by atomic mass is 10.1. The van der Waals surface area contributed by atoms with Gasteiger partial charge in [-0.1, -0.05) is 19.9 Å². The van der Waals surface area contributed by atoms with Crippen LogP contribution in [-0.4, -0.2) is 30.3 Å². The van der Waals surface area contributed by atoms with Gasteiger partial charge in [0.25, 0.3) is 0 Å². The fourth-order valence-corrected chi connectivity index (χ4v) is 2.20. The summed E-state index contributed by atoms with van der Waals surface area (Å²) in [5, 5.41) is 3.38. The van der Waals surface area contributed by atoms with Crippen LogP contribution in [0.4, 0.5) is 0 Å². The average molecular weight is 278 g/mol. The van der Waals surface area contributed by atoms with Crippen LogP contribution in [0.5, 0.6) is 0 Å². The number of ether oxygens (including phenoxy) is 2. The van der Waals surface area contributed by atoms with Gasteiger partial charge < -0.3 is 14.8 Å². The van der Waals surface area contributed by atoms with Gasteiger partial charge in [-0.25, -0.2) is 0 Å². The van der Waals surface area contributed by atoms with Gasteiger partial charge >= 0.3 is 0 Å². The van der Waals surface area contributed by atoms with Gasteiger partial charge in [0.05, 0.1) is 25.0 Å². The Balaban J connectivity index is 1.67. The van der Waals surface area contributed by atoms with Crippen LogP contribution in [0, 0.1) is 0 Å². The van der Waals surface area contributed by atoms with E-state index in [1.54, 1.807) is 0 Å². The normalized spacial score (nSPS) is 19.4. The number of hydrogen-bond acceptors (Lipinski definition) is 4. The van der Waals surface area contributed by atoms with E-state index in [1.165, 1.54) is 18.4 Å². The molecule has 1 aliphatic heterocycles. The number of pyridine rings is 1. The molecule has 0 bridgehead atoms. The summed E-state index contributed by atoms with van der Waals surface area (Å²) in [6.07, 6.45) is 5.75. The van der Waals surface area contributed by atoms with Crippen molar-refractivity contribution in [2.75, 3.05) is 13.2 Å². The van der Waals surface area contributed by atoms with E-state index in [2.05, 4.69) is 30.2 Å². The molecule has 1 aromatic rings. The maximum atomic E-state index is 5.69. The molecule has 1 unspecified atom stereocenters. The van der Waals surface area contributed by atoms with Crippen LogP contribution in [0.2, 0.25) is 0 Å². The zero-order valence-electron chi connectivity index (χ0n) is 12.6. The highest BCUT2D eigenvalue weighted by Gasteiger charge is 2.13. The third-order valence-electron chi connectivity index (χ3n) is 3.43. The van der Waals surface area contributed by atoms with Crippen molar-refractivity contribution in [3.8, 4) is 0 Å². The molecule has 2 rings (SSSR count). The lowest BCUT2D eigenvalue weighted by molar-refractivity contribution is -0.0452. The summed E-state index contributed by atoms with van der Waals surface area (Å²) in [6, 6.07) is 4.64. The summed E-state index contributed by atoms with van der Waals surface area (Å²) in [4.78, 5) is 4.43. The van der Waals surface area contributed by atoms with Crippen LogP contribution < -0.4 is 5.32 Å². The van der Waals surface area contributed by atoms with E-state index in [4.69, 9.17) is 9.47 Å². The number of rotatable bonds is 7. The standard InChI is InChI=1S/C16H26N2O2/c1-13(2)17-9-14-6-7-15(18-10-14)11-19-12-16-5-3-4-8-20-16/h6-7,10,13,16-17H,3-5,8-9,11-12H2,1-2H3. The Labute approximate surface area is 121 Å². The van der Waals surface area contributed by atoms with Crippen molar-refractivity contribution in [2.45, 2.75) is 58.4 Å². The molecule has 1 saturated heterocycles. The quantitative estimate of drug-likeness (QED) is 0.833. The molecule has 0 amide bonds. The molecule has 1 N–H and O–H groups in total. The van der Waals surface area contributed by atoms with Gasteiger partial charge in [-0.2, -0.15) is 0 Å². The molecule has 0 aromatic carbocycles. The van der Waals surface area contributed by atoms with Crippen molar-refractivity contribution in [2.24, 2.45) is 0 Å². The SMILES string of the molecule is CC(C)NCc1ccc(COCC2CCCCO2)nc1. The van der Waals surface area contributed by atoms with Crippen LogP contribution in [0.3, 0.4) is 0 Å². The summed E-state index contributed by atoms with van der Waals surface area (Å²) in [5.74, 6) is 0. The molecule has 2 heterocycles. The average Bonchev–Trinajstić information content (AvgIpc) is 2.47. The highest BCUT2D eigenvalue weighted by molar-refractivity contribution is 5.13. The van der Waals surface area contributed by atoms with Crippen LogP contribution in [0.15, 0.2) is 18.3 Å². The minimum absolute atomic E-state index is 0.276. The molecular formula is C16H26N2O2. The molecule has 1 atom stereocenters. The molecule has 1 aliphatic rings. The van der Waals surface area contributed by atoms with E-state index in [9.17, 15) is 0 Å². The molecule has 0 saturated carbocycles.